The summed E-state index contributed by atoms with van der Waals surface area (Å²) in [6.45, 7) is 44.5. The molecule has 0 aliphatic carbocycles. The molecule has 0 aliphatic heterocycles. The van der Waals surface area contributed by atoms with E-state index in [1.165, 1.54) is 47.2 Å². The summed E-state index contributed by atoms with van der Waals surface area (Å²) in [4.78, 5) is 50.4. The van der Waals surface area contributed by atoms with E-state index in [1.807, 2.05) is 234 Å². The van der Waals surface area contributed by atoms with Gasteiger partial charge in [0.25, 0.3) is 0 Å². The lowest BCUT2D eigenvalue weighted by Crippen LogP contribution is -2.18. The highest BCUT2D eigenvalue weighted by atomic mass is 32.2. The number of benzene rings is 7. The number of hydrogen-bond donors (Lipinski definition) is 6. The van der Waals surface area contributed by atoms with Crippen LogP contribution in [0.5, 0.6) is 34.5 Å². The Morgan fingerprint density at radius 2 is 0.907 bits per heavy atom. The number of nitrogens with one attached hydrogen (secondary N) is 3. The van der Waals surface area contributed by atoms with E-state index in [2.05, 4.69) is 41.9 Å². The number of hydrazine groups is 1. The number of thioether (sulfide) groups is 1. The molecule has 25 nitrogen and oxygen atoms in total. The number of thiocarbonyl (C=S) groups is 1. The minimum absolute atomic E-state index is 0.0949. The molecule has 2 heterocycles. The number of amides is 2. The molecule has 2 amide bonds. The van der Waals surface area contributed by atoms with Crippen LogP contribution in [0.25, 0.3) is 29.0 Å². The number of aromatic amines is 1. The van der Waals surface area contributed by atoms with E-state index >= 15 is 0 Å². The van der Waals surface area contributed by atoms with Crippen molar-refractivity contribution >= 4 is 64.5 Å². The smallest absolute Gasteiger partial charge is 0.384 e. The van der Waals surface area contributed by atoms with Crippen LogP contribution in [0.4, 0.5) is 4.39 Å². The van der Waals surface area contributed by atoms with Gasteiger partial charge in [-0.1, -0.05) is 12.2 Å². The van der Waals surface area contributed by atoms with Crippen molar-refractivity contribution in [2.24, 2.45) is 17.3 Å². The van der Waals surface area contributed by atoms with E-state index in [-0.39, 0.29) is 54.6 Å². The number of nitrogens with two attached hydrogens (primary N) is 3. The van der Waals surface area contributed by atoms with Gasteiger partial charge in [-0.3, -0.25) is 25.5 Å². The first kappa shape index (κ1) is 104. The van der Waals surface area contributed by atoms with Crippen LogP contribution in [0.15, 0.2) is 146 Å². The van der Waals surface area contributed by atoms with Gasteiger partial charge in [-0.15, -0.1) is 23.3 Å². The number of rotatable bonds is 22. The number of carbonyl (C=O) groups is 4. The lowest BCUT2D eigenvalue weighted by molar-refractivity contribution is -0.141. The van der Waals surface area contributed by atoms with E-state index in [0.717, 1.165) is 95.8 Å². The number of halogens is 1. The zero-order valence-electron chi connectivity index (χ0n) is 72.2. The summed E-state index contributed by atoms with van der Waals surface area (Å²) in [5.74, 6) is 10.6. The molecule has 0 saturated heterocycles. The van der Waals surface area contributed by atoms with Crippen molar-refractivity contribution in [2.75, 3.05) is 6.26 Å². The molecule has 632 valence electrons. The third-order valence-electron chi connectivity index (χ3n) is 13.6. The fraction of sp³-hybridized carbons (Fsp3) is 0.356. The Labute approximate surface area is 705 Å². The largest absolute Gasteiger partial charge is 0.491 e. The van der Waals surface area contributed by atoms with Gasteiger partial charge in [0.1, 0.15) is 58.0 Å². The molecule has 0 unspecified atom stereocenters. The summed E-state index contributed by atoms with van der Waals surface area (Å²) >= 11 is 6.36. The number of aromatic nitrogens is 6. The lowest BCUT2D eigenvalue weighted by atomic mass is 10.1. The summed E-state index contributed by atoms with van der Waals surface area (Å²) in [5.41, 5.74) is 24.9. The fourth-order valence-corrected chi connectivity index (χ4v) is 10.1. The molecule has 0 atom stereocenters. The predicted octanol–water partition coefficient (Wildman–Crippen LogP) is 17.6. The molecule has 0 saturated carbocycles. The molecule has 0 radical (unpaired) electrons. The van der Waals surface area contributed by atoms with Crippen LogP contribution in [0.3, 0.4) is 0 Å². The van der Waals surface area contributed by atoms with Crippen molar-refractivity contribution in [3.63, 3.8) is 0 Å². The SMILES string of the molecule is C#CC(=O)OC(C)C.CSC(=N)c1cc(C)cc(OC(C)C)c1.Cc1cc(C#N)cc(OC(C)C)c1.Cc1cc(F)cc(C#N)c1.Cc1cc(OC(C)C)cc(-c2ncn(/C=C\C(=O)OC(C)C)n2)c1.Cc1cc(OC(C)C)cc(-c2ncn[nH]2)c1.Cc1cc(OC(C)C)cc(C(N)=O)c1.Cc1cc(OC(C)C)cc(C(N)=S)c1.NNC=O. The summed E-state index contributed by atoms with van der Waals surface area (Å²) in [5, 5.41) is 36.5. The highest BCUT2D eigenvalue weighted by Crippen LogP contribution is 2.28. The summed E-state index contributed by atoms with van der Waals surface area (Å²) in [6, 6.07) is 42.7. The van der Waals surface area contributed by atoms with Gasteiger partial charge in [0, 0.05) is 46.0 Å². The zero-order chi connectivity index (χ0) is 89.5. The Hall–Kier alpha value is -12.4. The minimum atomic E-state index is -0.597. The third kappa shape index (κ3) is 46.2. The van der Waals surface area contributed by atoms with E-state index in [9.17, 15) is 18.8 Å². The molecular weight excluding hydrogens is 1540 g/mol. The number of primary amides is 1. The number of nitriles is 2. The highest BCUT2D eigenvalue weighted by molar-refractivity contribution is 8.13. The quantitative estimate of drug-likeness (QED) is 0.00314. The number of hydrogen-bond acceptors (Lipinski definition) is 22. The number of aryl methyl sites for hydroxylation is 7. The average molecular weight is 1660 g/mol. The Bertz CT molecular complexity index is 4720. The lowest BCUT2D eigenvalue weighted by Gasteiger charge is -2.12. The van der Waals surface area contributed by atoms with Crippen molar-refractivity contribution in [1.29, 1.82) is 15.9 Å². The monoisotopic (exact) mass is 1650 g/mol. The maximum Gasteiger partial charge on any atom is 0.384 e. The number of terminal acetylenes is 1. The Kier molecular flexibility index (Phi) is 48.5. The molecule has 9 aromatic rings. The van der Waals surface area contributed by atoms with Crippen LogP contribution < -0.4 is 51.2 Å². The second-order valence-electron chi connectivity index (χ2n) is 28.3. The molecule has 9 rings (SSSR count). The predicted molar refractivity (Wildman–Crippen MR) is 471 cm³/mol. The first-order chi connectivity index (χ1) is 55.4. The van der Waals surface area contributed by atoms with Crippen molar-refractivity contribution in [2.45, 2.75) is 208 Å². The molecule has 118 heavy (non-hydrogen) atoms. The van der Waals surface area contributed by atoms with Crippen LogP contribution in [-0.2, 0) is 23.9 Å². The molecule has 28 heteroatoms. The van der Waals surface area contributed by atoms with Crippen molar-refractivity contribution in [3.8, 4) is 81.8 Å². The van der Waals surface area contributed by atoms with Gasteiger partial charge in [-0.2, -0.15) is 15.6 Å². The molecule has 0 aliphatic rings. The second-order valence-corrected chi connectivity index (χ2v) is 29.5. The standard InChI is InChI=1S/C18H23N3O3.C12H15N3O.C12H17NOS.C11H15NO2.C11H15NOS.C11H13NO.C8H6FN.C6H8O2.CH4N2O/c1-12(2)23-16-9-14(5)8-15(10-16)18-19-11-21(20-18)7-6-17(22)24-13(3)4;1-8(2)16-11-5-9(3)4-10(6-11)12-13-7-14-15-12;1-8(2)14-11-6-9(3)5-10(7-11)12(13)15-4;1-7(2)14-10-5-8(3)4-9(6-10)11(12)13;1-7(2)13-10-5-8(3)4-9(6-10)11(12)14;1-8(2)13-11-5-9(3)4-10(6-11)7-12;1-6-2-7(5-10)4-8(9)3-6;1-4-6(7)8-5(2)3;2-3-1-4/h6-13H,1-5H3;4-8H,1-3H3,(H,13,14,15);5-8,13H,1-4H3;4-7H,1-3H3,(H2,12,13);4-7H,1-3H3,(H2,12,14);4-6,8H,1-3H3;2-4H,1H3;1,5H,2-3H3;1H,2H2,(H,3,4)/b7-6-;;;;;;;;. The van der Waals surface area contributed by atoms with Crippen LogP contribution in [0, 0.1) is 94.7 Å². The molecule has 0 fully saturated rings. The zero-order valence-corrected chi connectivity index (χ0v) is 73.8. The molecular formula is C90H116FN13O12S2. The summed E-state index contributed by atoms with van der Waals surface area (Å²) in [7, 11) is 0. The van der Waals surface area contributed by atoms with Crippen LogP contribution in [-0.4, -0.2) is 119 Å². The van der Waals surface area contributed by atoms with Gasteiger partial charge in [-0.25, -0.2) is 34.5 Å². The number of carbonyl (C=O) groups excluding carboxylic acids is 4. The van der Waals surface area contributed by atoms with E-state index < -0.39 is 17.8 Å². The van der Waals surface area contributed by atoms with E-state index in [4.69, 9.17) is 84.0 Å². The second kappa shape index (κ2) is 55.2. The average Bonchev–Trinajstić information content (AvgIpc) is 1.65. The summed E-state index contributed by atoms with van der Waals surface area (Å²) < 4.78 is 57.1. The highest BCUT2D eigenvalue weighted by Gasteiger charge is 2.13. The minimum Gasteiger partial charge on any atom is -0.491 e. The number of H-pyrrole nitrogens is 1. The van der Waals surface area contributed by atoms with E-state index in [0.29, 0.717) is 44.7 Å². The maximum atomic E-state index is 12.5. The number of esters is 2. The van der Waals surface area contributed by atoms with Crippen LogP contribution >= 0.6 is 24.0 Å². The van der Waals surface area contributed by atoms with Gasteiger partial charge >= 0.3 is 11.9 Å². The van der Waals surface area contributed by atoms with E-state index in [1.54, 1.807) is 70.6 Å². The van der Waals surface area contributed by atoms with Crippen LogP contribution in [0.2, 0.25) is 0 Å². The van der Waals surface area contributed by atoms with Gasteiger partial charge in [0.05, 0.1) is 77.1 Å². The first-order valence-electron chi connectivity index (χ1n) is 37.6. The Morgan fingerprint density at radius 1 is 0.534 bits per heavy atom. The van der Waals surface area contributed by atoms with Crippen molar-refractivity contribution < 1.29 is 61.5 Å². The molecule has 2 aromatic heterocycles. The fourth-order valence-electron chi connectivity index (χ4n) is 9.67. The van der Waals surface area contributed by atoms with Gasteiger partial charge < -0.3 is 49.4 Å². The molecule has 9 N–H and O–H groups in total. The number of ether oxygens (including phenoxy) is 8. The van der Waals surface area contributed by atoms with Crippen LogP contribution in [0.1, 0.15) is 182 Å². The third-order valence-corrected chi connectivity index (χ3v) is 14.5. The van der Waals surface area contributed by atoms with Gasteiger partial charge in [-0.05, 0) is 332 Å². The van der Waals surface area contributed by atoms with Crippen molar-refractivity contribution in [1.82, 2.24) is 35.4 Å². The van der Waals surface area contributed by atoms with Crippen molar-refractivity contribution in [3.05, 3.63) is 219 Å². The first-order valence-corrected chi connectivity index (χ1v) is 39.3. The number of nitrogens with zero attached hydrogens (tertiary/aromatic N) is 7. The molecule has 7 aromatic carbocycles. The topological polar surface area (TPSA) is 376 Å². The molecule has 0 spiro atoms. The molecule has 0 bridgehead atoms. The van der Waals surface area contributed by atoms with Gasteiger partial charge in [0.2, 0.25) is 12.3 Å². The Balaban J connectivity index is 0.000000681. The van der Waals surface area contributed by atoms with Gasteiger partial charge in [0.15, 0.2) is 11.6 Å². The summed E-state index contributed by atoms with van der Waals surface area (Å²) in [6.07, 6.45) is 13.5. The Morgan fingerprint density at radius 3 is 1.28 bits per heavy atom. The maximum absolute atomic E-state index is 12.5. The normalized spacial score (nSPS) is 10.1.